The summed E-state index contributed by atoms with van der Waals surface area (Å²) < 4.78 is 36.0. The summed E-state index contributed by atoms with van der Waals surface area (Å²) in [5, 5.41) is 10.2. The molecule has 0 aliphatic rings. The summed E-state index contributed by atoms with van der Waals surface area (Å²) in [6.45, 7) is 2.06. The minimum atomic E-state index is -5.05. The topological polar surface area (TPSA) is 66.4 Å². The lowest BCUT2D eigenvalue weighted by molar-refractivity contribution is -0.175. The Kier molecular flexibility index (Phi) is 8.18. The van der Waals surface area contributed by atoms with Gasteiger partial charge in [-0.3, -0.25) is 4.79 Å². The molecule has 0 aliphatic carbocycles. The van der Waals surface area contributed by atoms with E-state index < -0.39 is 24.1 Å². The molecule has 112 valence electrons. The van der Waals surface area contributed by atoms with Gasteiger partial charge in [-0.25, -0.2) is 4.79 Å². The van der Waals surface area contributed by atoms with Crippen LogP contribution in [0.3, 0.4) is 0 Å². The molecule has 0 unspecified atom stereocenters. The van der Waals surface area contributed by atoms with Gasteiger partial charge in [0.2, 0.25) is 0 Å². The van der Waals surface area contributed by atoms with Gasteiger partial charge in [-0.1, -0.05) is 45.4 Å². The van der Waals surface area contributed by atoms with Gasteiger partial charge in [-0.15, -0.1) is 0 Å². The normalized spacial score (nSPS) is 13.1. The highest BCUT2D eigenvalue weighted by Gasteiger charge is 2.40. The van der Waals surface area contributed by atoms with E-state index in [-0.39, 0.29) is 6.42 Å². The van der Waals surface area contributed by atoms with Crippen molar-refractivity contribution in [1.29, 1.82) is 0 Å². The Morgan fingerprint density at radius 1 is 1.11 bits per heavy atom. The summed E-state index contributed by atoms with van der Waals surface area (Å²) >= 11 is 0. The Morgan fingerprint density at radius 3 is 2.11 bits per heavy atom. The summed E-state index contributed by atoms with van der Waals surface area (Å²) in [5.41, 5.74) is 0. The first kappa shape index (κ1) is 17.7. The predicted octanol–water partition coefficient (Wildman–Crippen LogP) is 2.87. The lowest BCUT2D eigenvalue weighted by Crippen LogP contribution is -2.46. The van der Waals surface area contributed by atoms with E-state index in [0.717, 1.165) is 32.1 Å². The molecule has 0 aromatic heterocycles. The Bertz CT molecular complexity index is 292. The van der Waals surface area contributed by atoms with E-state index in [1.165, 1.54) is 5.32 Å². The number of hydrogen-bond donors (Lipinski definition) is 2. The number of carboxylic acids is 1. The Balaban J connectivity index is 4.01. The molecule has 7 heteroatoms. The lowest BCUT2D eigenvalue weighted by atomic mass is 10.1. The van der Waals surface area contributed by atoms with Crippen LogP contribution >= 0.6 is 0 Å². The molecule has 0 radical (unpaired) electrons. The quantitative estimate of drug-likeness (QED) is 0.639. The van der Waals surface area contributed by atoms with Crippen LogP contribution in [-0.4, -0.2) is 29.2 Å². The van der Waals surface area contributed by atoms with Crippen LogP contribution in [0, 0.1) is 0 Å². The maximum atomic E-state index is 12.0. The zero-order valence-corrected chi connectivity index (χ0v) is 10.9. The summed E-state index contributed by atoms with van der Waals surface area (Å²) in [6.07, 6.45) is 0.339. The standard InChI is InChI=1S/C12H20F3NO3/c1-2-3-4-5-6-7-8-9(10(17)18)16-11(19)12(13,14)15/h9H,2-8H2,1H3,(H,16,19)(H,17,18)/t9-/m0/s1. The highest BCUT2D eigenvalue weighted by Crippen LogP contribution is 2.15. The molecular formula is C12H20F3NO3. The molecule has 0 saturated carbocycles. The SMILES string of the molecule is CCCCCCCC[C@H](NC(=O)C(F)(F)F)C(=O)O. The van der Waals surface area contributed by atoms with Gasteiger partial charge in [0.1, 0.15) is 6.04 Å². The first-order chi connectivity index (χ1) is 8.79. The van der Waals surface area contributed by atoms with E-state index in [4.69, 9.17) is 5.11 Å². The van der Waals surface area contributed by atoms with Crippen molar-refractivity contribution in [2.45, 2.75) is 64.1 Å². The van der Waals surface area contributed by atoms with Crippen LogP contribution in [0.1, 0.15) is 51.9 Å². The molecule has 0 aliphatic heterocycles. The third-order valence-corrected chi connectivity index (χ3v) is 2.71. The van der Waals surface area contributed by atoms with Gasteiger partial charge in [-0.2, -0.15) is 13.2 Å². The first-order valence-electron chi connectivity index (χ1n) is 6.39. The van der Waals surface area contributed by atoms with Crippen molar-refractivity contribution in [3.05, 3.63) is 0 Å². The number of unbranched alkanes of at least 4 members (excludes halogenated alkanes) is 5. The van der Waals surface area contributed by atoms with Crippen molar-refractivity contribution in [3.8, 4) is 0 Å². The third-order valence-electron chi connectivity index (χ3n) is 2.71. The Morgan fingerprint density at radius 2 is 1.63 bits per heavy atom. The van der Waals surface area contributed by atoms with Crippen LogP contribution < -0.4 is 5.32 Å². The van der Waals surface area contributed by atoms with E-state index in [1.54, 1.807) is 0 Å². The Labute approximate surface area is 110 Å². The van der Waals surface area contributed by atoms with Crippen molar-refractivity contribution in [2.75, 3.05) is 0 Å². The number of carboxylic acid groups (broad SMARTS) is 1. The number of rotatable bonds is 9. The largest absolute Gasteiger partial charge is 0.480 e. The second kappa shape index (κ2) is 8.77. The number of carbonyl (C=O) groups is 2. The molecule has 4 nitrogen and oxygen atoms in total. The third kappa shape index (κ3) is 8.45. The highest BCUT2D eigenvalue weighted by molar-refractivity contribution is 5.86. The molecule has 2 N–H and O–H groups in total. The minimum Gasteiger partial charge on any atom is -0.480 e. The van der Waals surface area contributed by atoms with Crippen LogP contribution in [0.25, 0.3) is 0 Å². The van der Waals surface area contributed by atoms with Gasteiger partial charge in [0.15, 0.2) is 0 Å². The number of amides is 1. The van der Waals surface area contributed by atoms with Gasteiger partial charge >= 0.3 is 18.1 Å². The number of alkyl halides is 3. The molecule has 0 spiro atoms. The summed E-state index contributed by atoms with van der Waals surface area (Å²) in [7, 11) is 0. The second-order valence-electron chi connectivity index (χ2n) is 4.42. The maximum Gasteiger partial charge on any atom is 0.471 e. The van der Waals surface area contributed by atoms with E-state index in [9.17, 15) is 22.8 Å². The number of carbonyl (C=O) groups excluding carboxylic acids is 1. The average molecular weight is 283 g/mol. The molecule has 0 bridgehead atoms. The smallest absolute Gasteiger partial charge is 0.471 e. The van der Waals surface area contributed by atoms with E-state index in [1.807, 2.05) is 0 Å². The first-order valence-corrected chi connectivity index (χ1v) is 6.39. The Hall–Kier alpha value is -1.27. The van der Waals surface area contributed by atoms with Crippen molar-refractivity contribution < 1.29 is 27.9 Å². The van der Waals surface area contributed by atoms with Gasteiger partial charge in [0, 0.05) is 0 Å². The molecule has 1 amide bonds. The molecular weight excluding hydrogens is 263 g/mol. The number of hydrogen-bond acceptors (Lipinski definition) is 2. The maximum absolute atomic E-state index is 12.0. The summed E-state index contributed by atoms with van der Waals surface area (Å²) in [5.74, 6) is -3.64. The van der Waals surface area contributed by atoms with E-state index >= 15 is 0 Å². The van der Waals surface area contributed by atoms with Crippen molar-refractivity contribution in [1.82, 2.24) is 5.32 Å². The zero-order chi connectivity index (χ0) is 14.9. The fraction of sp³-hybridized carbons (Fsp3) is 0.833. The van der Waals surface area contributed by atoms with Crippen LogP contribution in [0.2, 0.25) is 0 Å². The molecule has 0 aromatic rings. The summed E-state index contributed by atoms with van der Waals surface area (Å²) in [4.78, 5) is 21.4. The van der Waals surface area contributed by atoms with Gasteiger partial charge in [0.05, 0.1) is 0 Å². The lowest BCUT2D eigenvalue weighted by Gasteiger charge is -2.15. The molecule has 1 atom stereocenters. The van der Waals surface area contributed by atoms with Gasteiger partial charge in [0.25, 0.3) is 0 Å². The summed E-state index contributed by atoms with van der Waals surface area (Å²) in [6, 6.07) is -1.47. The van der Waals surface area contributed by atoms with Gasteiger partial charge in [-0.05, 0) is 6.42 Å². The molecule has 0 aromatic carbocycles. The number of nitrogens with one attached hydrogen (secondary N) is 1. The highest BCUT2D eigenvalue weighted by atomic mass is 19.4. The van der Waals surface area contributed by atoms with Crippen molar-refractivity contribution >= 4 is 11.9 Å². The van der Waals surface area contributed by atoms with Crippen LogP contribution in [0.15, 0.2) is 0 Å². The molecule has 0 heterocycles. The van der Waals surface area contributed by atoms with Crippen molar-refractivity contribution in [3.63, 3.8) is 0 Å². The second-order valence-corrected chi connectivity index (χ2v) is 4.42. The fourth-order valence-corrected chi connectivity index (χ4v) is 1.63. The number of aliphatic carboxylic acids is 1. The van der Waals surface area contributed by atoms with Crippen LogP contribution in [0.4, 0.5) is 13.2 Å². The molecule has 0 rings (SSSR count). The van der Waals surface area contributed by atoms with Crippen LogP contribution in [0.5, 0.6) is 0 Å². The molecule has 0 saturated heterocycles. The van der Waals surface area contributed by atoms with Gasteiger partial charge < -0.3 is 10.4 Å². The molecule has 0 fully saturated rings. The monoisotopic (exact) mass is 283 g/mol. The average Bonchev–Trinajstić information content (AvgIpc) is 2.30. The van der Waals surface area contributed by atoms with Crippen LogP contribution in [-0.2, 0) is 9.59 Å². The zero-order valence-electron chi connectivity index (χ0n) is 10.9. The minimum absolute atomic E-state index is 0.0171. The predicted molar refractivity (Wildman–Crippen MR) is 63.6 cm³/mol. The number of halogens is 3. The fourth-order valence-electron chi connectivity index (χ4n) is 1.63. The van der Waals surface area contributed by atoms with E-state index in [0.29, 0.717) is 6.42 Å². The van der Waals surface area contributed by atoms with Crippen molar-refractivity contribution in [2.24, 2.45) is 0 Å². The van der Waals surface area contributed by atoms with E-state index in [2.05, 4.69) is 6.92 Å². The molecule has 19 heavy (non-hydrogen) atoms.